The number of esters is 1. The molecule has 4 rings (SSSR count). The smallest absolute Gasteiger partial charge is 0.306 e. The van der Waals surface area contributed by atoms with Gasteiger partial charge in [0, 0.05) is 24.7 Å². The second-order valence-corrected chi connectivity index (χ2v) is 11.3. The molecular formula is C26H36O8. The summed E-state index contributed by atoms with van der Waals surface area (Å²) in [6.45, 7) is 3.49. The predicted octanol–water partition coefficient (Wildman–Crippen LogP) is 2.59. The Morgan fingerprint density at radius 3 is 2.56 bits per heavy atom. The Hall–Kier alpha value is -2.06. The first-order valence-electron chi connectivity index (χ1n) is 12.5. The van der Waals surface area contributed by atoms with Crippen LogP contribution in [-0.2, 0) is 23.9 Å². The number of carbonyl (C=O) groups is 4. The van der Waals surface area contributed by atoms with Crippen LogP contribution in [0.25, 0.3) is 0 Å². The van der Waals surface area contributed by atoms with Gasteiger partial charge in [0.2, 0.25) is 5.78 Å². The lowest BCUT2D eigenvalue weighted by Crippen LogP contribution is -2.62. The average Bonchev–Trinajstić information content (AvgIpc) is 3.03. The number of aliphatic hydroxyl groups excluding tert-OH is 1. The number of carbonyl (C=O) groups excluding carboxylic acids is 3. The van der Waals surface area contributed by atoms with Crippen LogP contribution in [0.5, 0.6) is 0 Å². The van der Waals surface area contributed by atoms with Gasteiger partial charge in [-0.1, -0.05) is 19.4 Å². The van der Waals surface area contributed by atoms with Gasteiger partial charge >= 0.3 is 11.9 Å². The van der Waals surface area contributed by atoms with Crippen molar-refractivity contribution in [2.45, 2.75) is 89.8 Å². The highest BCUT2D eigenvalue weighted by atomic mass is 16.5. The fourth-order valence-corrected chi connectivity index (χ4v) is 7.87. The van der Waals surface area contributed by atoms with Gasteiger partial charge in [-0.25, -0.2) is 0 Å². The molecule has 0 spiro atoms. The van der Waals surface area contributed by atoms with Crippen LogP contribution >= 0.6 is 0 Å². The van der Waals surface area contributed by atoms with Crippen LogP contribution in [0.3, 0.4) is 0 Å². The number of Topliss-reactive ketones (excluding diaryl/α,β-unsaturated/α-hetero) is 1. The predicted molar refractivity (Wildman–Crippen MR) is 121 cm³/mol. The van der Waals surface area contributed by atoms with Gasteiger partial charge in [0.15, 0.2) is 12.4 Å². The molecule has 0 aromatic carbocycles. The first kappa shape index (κ1) is 25.0. The second kappa shape index (κ2) is 8.86. The molecule has 4 aliphatic rings. The molecule has 0 radical (unpaired) electrons. The molecule has 8 nitrogen and oxygen atoms in total. The van der Waals surface area contributed by atoms with Gasteiger partial charge < -0.3 is 20.1 Å². The number of rotatable bonds is 7. The number of hydrogen-bond acceptors (Lipinski definition) is 7. The maximum atomic E-state index is 13.2. The van der Waals surface area contributed by atoms with E-state index < -0.39 is 41.4 Å². The number of carboxylic acid groups (broad SMARTS) is 1. The number of allylic oxidation sites excluding steroid dienone is 1. The molecule has 4 aliphatic carbocycles. The fraction of sp³-hybridized carbons (Fsp3) is 0.769. The summed E-state index contributed by atoms with van der Waals surface area (Å²) in [6.07, 6.45) is 4.97. The third-order valence-electron chi connectivity index (χ3n) is 9.65. The largest absolute Gasteiger partial charge is 0.481 e. The van der Waals surface area contributed by atoms with E-state index in [1.54, 1.807) is 6.08 Å². The molecule has 0 bridgehead atoms. The summed E-state index contributed by atoms with van der Waals surface area (Å²) < 4.78 is 5.07. The number of fused-ring (bicyclic) bond motifs is 5. The van der Waals surface area contributed by atoms with Gasteiger partial charge in [0.1, 0.15) is 5.60 Å². The molecule has 0 aliphatic heterocycles. The number of carboxylic acids is 1. The van der Waals surface area contributed by atoms with Gasteiger partial charge in [0.25, 0.3) is 0 Å². The third kappa shape index (κ3) is 3.92. The molecule has 3 fully saturated rings. The van der Waals surface area contributed by atoms with Crippen LogP contribution in [-0.4, -0.2) is 57.1 Å². The standard InChI is InChI=1S/C26H36O8/c1-24-10-8-16(27)12-15(24)6-7-17-18-9-11-26(33,25(18,2)13-19(28)23(17)24)20(29)14-34-22(32)5-3-4-21(30)31/h12,17-19,23,28,33H,3-11,13-14H2,1-2H3,(H,30,31)/t17-,18-,19-,23?,24-,25-,26-/m0/s1. The molecule has 7 atom stereocenters. The Morgan fingerprint density at radius 2 is 1.85 bits per heavy atom. The van der Waals surface area contributed by atoms with Crippen LogP contribution in [0.15, 0.2) is 11.6 Å². The molecule has 8 heteroatoms. The molecule has 0 aromatic heterocycles. The summed E-state index contributed by atoms with van der Waals surface area (Å²) in [4.78, 5) is 47.7. The zero-order chi connectivity index (χ0) is 24.9. The van der Waals surface area contributed by atoms with Crippen molar-refractivity contribution in [1.29, 1.82) is 0 Å². The second-order valence-electron chi connectivity index (χ2n) is 11.3. The molecule has 0 heterocycles. The highest BCUT2D eigenvalue weighted by Crippen LogP contribution is 2.67. The van der Waals surface area contributed by atoms with E-state index in [0.717, 1.165) is 24.8 Å². The van der Waals surface area contributed by atoms with Crippen LogP contribution in [0.2, 0.25) is 0 Å². The molecule has 3 N–H and O–H groups in total. The minimum Gasteiger partial charge on any atom is -0.481 e. The van der Waals surface area contributed by atoms with E-state index >= 15 is 0 Å². The Balaban J connectivity index is 1.49. The van der Waals surface area contributed by atoms with E-state index in [4.69, 9.17) is 9.84 Å². The summed E-state index contributed by atoms with van der Waals surface area (Å²) in [6, 6.07) is 0. The highest BCUT2D eigenvalue weighted by molar-refractivity contribution is 5.92. The van der Waals surface area contributed by atoms with Gasteiger partial charge in [-0.2, -0.15) is 0 Å². The normalized spacial score (nSPS) is 41.1. The van der Waals surface area contributed by atoms with E-state index in [-0.39, 0.29) is 61.1 Å². The van der Waals surface area contributed by atoms with Crippen LogP contribution in [0.1, 0.15) is 78.1 Å². The highest BCUT2D eigenvalue weighted by Gasteiger charge is 2.68. The first-order valence-corrected chi connectivity index (χ1v) is 12.5. The number of aliphatic carboxylic acids is 1. The molecular weight excluding hydrogens is 440 g/mol. The summed E-state index contributed by atoms with van der Waals surface area (Å²) in [5.74, 6) is -1.88. The number of ether oxygens (including phenoxy) is 1. The van der Waals surface area contributed by atoms with Crippen molar-refractivity contribution in [3.05, 3.63) is 11.6 Å². The van der Waals surface area contributed by atoms with Crippen LogP contribution in [0, 0.1) is 28.6 Å². The van der Waals surface area contributed by atoms with Crippen LogP contribution < -0.4 is 0 Å². The molecule has 0 amide bonds. The number of hydrogen-bond donors (Lipinski definition) is 3. The van der Waals surface area contributed by atoms with Crippen molar-refractivity contribution < 1.29 is 39.2 Å². The Kier molecular flexibility index (Phi) is 6.53. The minimum absolute atomic E-state index is 0.0109. The van der Waals surface area contributed by atoms with E-state index in [0.29, 0.717) is 12.8 Å². The molecule has 3 saturated carbocycles. The molecule has 0 aromatic rings. The van der Waals surface area contributed by atoms with Gasteiger partial charge in [-0.15, -0.1) is 0 Å². The van der Waals surface area contributed by atoms with Crippen molar-refractivity contribution in [3.8, 4) is 0 Å². The topological polar surface area (TPSA) is 138 Å². The lowest BCUT2D eigenvalue weighted by molar-refractivity contribution is -0.184. The lowest BCUT2D eigenvalue weighted by Gasteiger charge is -2.60. The monoisotopic (exact) mass is 476 g/mol. The molecule has 188 valence electrons. The van der Waals surface area contributed by atoms with Crippen molar-refractivity contribution in [3.63, 3.8) is 0 Å². The first-order chi connectivity index (χ1) is 15.9. The van der Waals surface area contributed by atoms with Gasteiger partial charge in [-0.3, -0.25) is 19.2 Å². The van der Waals surface area contributed by atoms with E-state index in [9.17, 15) is 29.4 Å². The van der Waals surface area contributed by atoms with E-state index in [2.05, 4.69) is 6.92 Å². The summed E-state index contributed by atoms with van der Waals surface area (Å²) in [7, 11) is 0. The Bertz CT molecular complexity index is 924. The van der Waals surface area contributed by atoms with Gasteiger partial charge in [-0.05, 0) is 74.2 Å². The summed E-state index contributed by atoms with van der Waals surface area (Å²) in [5, 5.41) is 31.7. The zero-order valence-corrected chi connectivity index (χ0v) is 20.0. The fourth-order valence-electron chi connectivity index (χ4n) is 7.87. The summed E-state index contributed by atoms with van der Waals surface area (Å²) in [5.41, 5.74) is -1.63. The maximum absolute atomic E-state index is 13.2. The van der Waals surface area contributed by atoms with Crippen molar-refractivity contribution >= 4 is 23.5 Å². The van der Waals surface area contributed by atoms with Crippen molar-refractivity contribution in [1.82, 2.24) is 0 Å². The maximum Gasteiger partial charge on any atom is 0.306 e. The SMILES string of the molecule is C[C@]12CCC(=O)C=C1CC[C@@H]1C2[C@@H](O)C[C@@]2(C)[C@H]1CC[C@]2(O)C(=O)COC(=O)CCCC(=O)O. The summed E-state index contributed by atoms with van der Waals surface area (Å²) >= 11 is 0. The molecule has 34 heavy (non-hydrogen) atoms. The molecule has 1 unspecified atom stereocenters. The van der Waals surface area contributed by atoms with Crippen LogP contribution in [0.4, 0.5) is 0 Å². The van der Waals surface area contributed by atoms with Crippen molar-refractivity contribution in [2.75, 3.05) is 6.61 Å². The minimum atomic E-state index is -1.69. The Morgan fingerprint density at radius 1 is 1.12 bits per heavy atom. The average molecular weight is 477 g/mol. The number of aliphatic hydroxyl groups is 2. The molecule has 0 saturated heterocycles. The zero-order valence-electron chi connectivity index (χ0n) is 20.0. The van der Waals surface area contributed by atoms with Crippen molar-refractivity contribution in [2.24, 2.45) is 28.6 Å². The lowest BCUT2D eigenvalue weighted by atomic mass is 9.45. The third-order valence-corrected chi connectivity index (χ3v) is 9.65. The quantitative estimate of drug-likeness (QED) is 0.477. The Labute approximate surface area is 199 Å². The van der Waals surface area contributed by atoms with Gasteiger partial charge in [0.05, 0.1) is 6.10 Å². The van der Waals surface area contributed by atoms with E-state index in [1.807, 2.05) is 6.92 Å². The number of ketones is 2. The van der Waals surface area contributed by atoms with E-state index in [1.165, 1.54) is 0 Å².